The van der Waals surface area contributed by atoms with Crippen LogP contribution < -0.4 is 11.1 Å². The number of hydrogen-bond donors (Lipinski definition) is 2. The van der Waals surface area contributed by atoms with Gasteiger partial charge in [0.05, 0.1) is 11.5 Å². The minimum absolute atomic E-state index is 0.115. The number of aryl methyl sites for hydroxylation is 2. The largest absolute Gasteiger partial charge is 0.368 e. The van der Waals surface area contributed by atoms with Gasteiger partial charge in [0.15, 0.2) is 26.8 Å². The van der Waals surface area contributed by atoms with Crippen molar-refractivity contribution in [1.82, 2.24) is 19.5 Å². The van der Waals surface area contributed by atoms with Crippen LogP contribution in [0.3, 0.4) is 0 Å². The lowest BCUT2D eigenvalue weighted by atomic mass is 10.2. The van der Waals surface area contributed by atoms with E-state index < -0.39 is 9.84 Å². The maximum atomic E-state index is 11.5. The van der Waals surface area contributed by atoms with E-state index in [1.807, 2.05) is 18.5 Å². The molecule has 0 spiro atoms. The first-order valence-corrected chi connectivity index (χ1v) is 8.11. The van der Waals surface area contributed by atoms with Gasteiger partial charge in [0, 0.05) is 13.1 Å². The van der Waals surface area contributed by atoms with Crippen molar-refractivity contribution in [2.24, 2.45) is 7.05 Å². The van der Waals surface area contributed by atoms with Crippen LogP contribution in [0.4, 0.5) is 11.8 Å². The highest BCUT2D eigenvalue weighted by atomic mass is 32.2. The summed E-state index contributed by atoms with van der Waals surface area (Å²) in [5, 5.41) is 3.13. The number of nitrogens with one attached hydrogen (secondary N) is 1. The quantitative estimate of drug-likeness (QED) is 0.791. The number of hydrogen-bond acceptors (Lipinski definition) is 7. The zero-order chi connectivity index (χ0) is 14.5. The summed E-state index contributed by atoms with van der Waals surface area (Å²) in [7, 11) is -1.10. The van der Waals surface area contributed by atoms with Crippen molar-refractivity contribution < 1.29 is 8.42 Å². The average molecular weight is 296 g/mol. The molecule has 1 aliphatic heterocycles. The lowest BCUT2D eigenvalue weighted by Gasteiger charge is -2.12. The predicted octanol–water partition coefficient (Wildman–Crippen LogP) is -0.147. The molecule has 0 unspecified atom stereocenters. The number of nitrogen functional groups attached to an aromatic ring is 1. The summed E-state index contributed by atoms with van der Waals surface area (Å²) in [6.45, 7) is 1.86. The third kappa shape index (κ3) is 2.17. The van der Waals surface area contributed by atoms with Gasteiger partial charge in [-0.2, -0.15) is 9.97 Å². The summed E-state index contributed by atoms with van der Waals surface area (Å²) in [4.78, 5) is 12.7. The van der Waals surface area contributed by atoms with Gasteiger partial charge >= 0.3 is 0 Å². The Kier molecular flexibility index (Phi) is 2.82. The molecular formula is C11H16N6O2S. The summed E-state index contributed by atoms with van der Waals surface area (Å²) in [6.07, 6.45) is 0.569. The van der Waals surface area contributed by atoms with Crippen LogP contribution in [0, 0.1) is 6.92 Å². The van der Waals surface area contributed by atoms with Crippen LogP contribution in [-0.2, 0) is 16.9 Å². The van der Waals surface area contributed by atoms with Gasteiger partial charge in [-0.05, 0) is 13.3 Å². The van der Waals surface area contributed by atoms with E-state index in [1.165, 1.54) is 0 Å². The lowest BCUT2D eigenvalue weighted by molar-refractivity contribution is 0.602. The fourth-order valence-corrected chi connectivity index (χ4v) is 4.06. The van der Waals surface area contributed by atoms with Crippen molar-refractivity contribution in [3.8, 4) is 0 Å². The molecule has 0 amide bonds. The third-order valence-electron chi connectivity index (χ3n) is 3.53. The first kappa shape index (κ1) is 13.1. The van der Waals surface area contributed by atoms with Gasteiger partial charge in [0.25, 0.3) is 0 Å². The molecule has 1 aliphatic rings. The molecule has 2 aromatic heterocycles. The Morgan fingerprint density at radius 3 is 2.75 bits per heavy atom. The standard InChI is InChI=1S/C11H16N6O2S/c1-6-13-8-9(14-7-3-4-20(18,19)5-7)15-11(12)16-10(8)17(6)2/h7H,3-5H2,1-2H3,(H3,12,14,15,16)/t7-/m0/s1. The van der Waals surface area contributed by atoms with Gasteiger partial charge in [-0.3, -0.25) is 0 Å². The highest BCUT2D eigenvalue weighted by Gasteiger charge is 2.29. The summed E-state index contributed by atoms with van der Waals surface area (Å²) >= 11 is 0. The van der Waals surface area contributed by atoms with Crippen molar-refractivity contribution in [2.75, 3.05) is 22.6 Å². The van der Waals surface area contributed by atoms with E-state index in [9.17, 15) is 8.42 Å². The molecule has 8 nitrogen and oxygen atoms in total. The van der Waals surface area contributed by atoms with Crippen LogP contribution in [-0.4, -0.2) is 45.5 Å². The van der Waals surface area contributed by atoms with Gasteiger partial charge in [-0.15, -0.1) is 0 Å². The third-order valence-corrected chi connectivity index (χ3v) is 5.30. The van der Waals surface area contributed by atoms with Crippen LogP contribution >= 0.6 is 0 Å². The Labute approximate surface area is 116 Å². The number of nitrogens with two attached hydrogens (primary N) is 1. The molecule has 1 atom stereocenters. The van der Waals surface area contributed by atoms with Gasteiger partial charge in [-0.1, -0.05) is 0 Å². The van der Waals surface area contributed by atoms with Crippen molar-refractivity contribution in [2.45, 2.75) is 19.4 Å². The van der Waals surface area contributed by atoms with Crippen LogP contribution in [0.1, 0.15) is 12.2 Å². The summed E-state index contributed by atoms with van der Waals surface area (Å²) in [5.74, 6) is 1.75. The summed E-state index contributed by atoms with van der Waals surface area (Å²) in [6, 6.07) is -0.153. The first-order valence-electron chi connectivity index (χ1n) is 6.29. The zero-order valence-corrected chi connectivity index (χ0v) is 12.1. The number of anilines is 2. The molecule has 9 heteroatoms. The molecule has 3 N–H and O–H groups in total. The summed E-state index contributed by atoms with van der Waals surface area (Å²) in [5.41, 5.74) is 6.96. The van der Waals surface area contributed by atoms with Gasteiger partial charge in [0.2, 0.25) is 5.95 Å². The van der Waals surface area contributed by atoms with Gasteiger partial charge in [0.1, 0.15) is 5.82 Å². The number of nitrogens with zero attached hydrogens (tertiary/aromatic N) is 4. The Bertz CT molecular complexity index is 782. The molecule has 0 saturated carbocycles. The molecule has 1 fully saturated rings. The average Bonchev–Trinajstić information content (AvgIpc) is 2.83. The number of rotatable bonds is 2. The van der Waals surface area contributed by atoms with Crippen LogP contribution in [0.25, 0.3) is 11.2 Å². The lowest BCUT2D eigenvalue weighted by Crippen LogP contribution is -2.22. The topological polar surface area (TPSA) is 116 Å². The molecule has 0 aromatic carbocycles. The fourth-order valence-electron chi connectivity index (χ4n) is 2.39. The van der Waals surface area contributed by atoms with E-state index in [1.54, 1.807) is 0 Å². The van der Waals surface area contributed by atoms with E-state index in [-0.39, 0.29) is 23.5 Å². The predicted molar refractivity (Wildman–Crippen MR) is 76.1 cm³/mol. The maximum absolute atomic E-state index is 11.5. The number of sulfone groups is 1. The van der Waals surface area contributed by atoms with Crippen molar-refractivity contribution in [1.29, 1.82) is 0 Å². The second kappa shape index (κ2) is 4.30. The van der Waals surface area contributed by atoms with Crippen molar-refractivity contribution >= 4 is 32.8 Å². The fraction of sp³-hybridized carbons (Fsp3) is 0.545. The molecule has 3 rings (SSSR count). The number of imidazole rings is 1. The molecule has 108 valence electrons. The first-order chi connectivity index (χ1) is 9.35. The van der Waals surface area contributed by atoms with Gasteiger partial charge in [-0.25, -0.2) is 13.4 Å². The number of fused-ring (bicyclic) bond motifs is 1. The highest BCUT2D eigenvalue weighted by Crippen LogP contribution is 2.24. The second-order valence-corrected chi connectivity index (χ2v) is 7.29. The smallest absolute Gasteiger partial charge is 0.224 e. The Morgan fingerprint density at radius 2 is 2.10 bits per heavy atom. The Balaban J connectivity index is 2.01. The van der Waals surface area contributed by atoms with E-state index in [0.717, 1.165) is 5.82 Å². The normalized spacial score (nSPS) is 21.4. The minimum Gasteiger partial charge on any atom is -0.368 e. The molecule has 0 bridgehead atoms. The van der Waals surface area contributed by atoms with Crippen LogP contribution in [0.5, 0.6) is 0 Å². The molecular weight excluding hydrogens is 280 g/mol. The monoisotopic (exact) mass is 296 g/mol. The Morgan fingerprint density at radius 1 is 1.35 bits per heavy atom. The highest BCUT2D eigenvalue weighted by molar-refractivity contribution is 7.91. The van der Waals surface area contributed by atoms with Crippen molar-refractivity contribution in [3.05, 3.63) is 5.82 Å². The van der Waals surface area contributed by atoms with E-state index in [0.29, 0.717) is 23.4 Å². The summed E-state index contributed by atoms with van der Waals surface area (Å²) < 4.78 is 24.8. The molecule has 0 aliphatic carbocycles. The van der Waals surface area contributed by atoms with Gasteiger partial charge < -0.3 is 15.6 Å². The molecule has 0 radical (unpaired) electrons. The SMILES string of the molecule is Cc1nc2c(N[C@H]3CCS(=O)(=O)C3)nc(N)nc2n1C. The van der Waals surface area contributed by atoms with E-state index in [4.69, 9.17) is 5.73 Å². The Hall–Kier alpha value is -1.90. The molecule has 1 saturated heterocycles. The van der Waals surface area contributed by atoms with E-state index >= 15 is 0 Å². The zero-order valence-electron chi connectivity index (χ0n) is 11.3. The molecule has 20 heavy (non-hydrogen) atoms. The molecule has 3 heterocycles. The van der Waals surface area contributed by atoms with Crippen LogP contribution in [0.15, 0.2) is 0 Å². The van der Waals surface area contributed by atoms with Crippen LogP contribution in [0.2, 0.25) is 0 Å². The maximum Gasteiger partial charge on any atom is 0.224 e. The molecule has 2 aromatic rings. The van der Waals surface area contributed by atoms with Crippen molar-refractivity contribution in [3.63, 3.8) is 0 Å². The number of aromatic nitrogens is 4. The minimum atomic E-state index is -2.94. The van der Waals surface area contributed by atoms with E-state index in [2.05, 4.69) is 20.3 Å². The second-order valence-electron chi connectivity index (χ2n) is 5.06.